The summed E-state index contributed by atoms with van der Waals surface area (Å²) in [6.45, 7) is 0. The van der Waals surface area contributed by atoms with Crippen LogP contribution in [0.1, 0.15) is 17.5 Å². The van der Waals surface area contributed by atoms with Crippen LogP contribution in [0.25, 0.3) is 11.1 Å². The Hall–Kier alpha value is -1.19. The second kappa shape index (κ2) is 16.6. The summed E-state index contributed by atoms with van der Waals surface area (Å²) in [7, 11) is 1.90. The number of benzene rings is 3. The van der Waals surface area contributed by atoms with Crippen LogP contribution >= 0.6 is 24.8 Å². The van der Waals surface area contributed by atoms with E-state index in [9.17, 15) is 0 Å². The van der Waals surface area contributed by atoms with Crippen molar-refractivity contribution < 1.29 is 25.8 Å². The summed E-state index contributed by atoms with van der Waals surface area (Å²) < 4.78 is 0. The third kappa shape index (κ3) is 9.44. The number of fused-ring (bicyclic) bond motifs is 3. The summed E-state index contributed by atoms with van der Waals surface area (Å²) in [6.07, 6.45) is 11.0. The SMILES string of the molecule is Cl.Cl.[C-]1=CC=CC1.[CH3-].[Hf].[SiH2]c1ccccc1.[c-]1cccc2c1Cc1ccccc1-2. The normalized spacial score (nSPS) is 10.7. The molecule has 0 saturated carbocycles. The van der Waals surface area contributed by atoms with Crippen LogP contribution in [0.3, 0.4) is 0 Å². The van der Waals surface area contributed by atoms with Gasteiger partial charge in [-0.2, -0.15) is 35.9 Å². The monoisotopic (exact) mass is 604 g/mol. The first kappa shape index (κ1) is 30.0. The van der Waals surface area contributed by atoms with E-state index < -0.39 is 0 Å². The third-order valence-corrected chi connectivity index (χ3v) is 4.52. The molecule has 0 nitrogen and oxygen atoms in total. The number of hydrogen-bond acceptors (Lipinski definition) is 0. The average Bonchev–Trinajstić information content (AvgIpc) is 3.34. The van der Waals surface area contributed by atoms with E-state index in [-0.39, 0.29) is 58.1 Å². The molecular weight excluding hydrogens is 578 g/mol. The Bertz CT molecular complexity index is 823. The average molecular weight is 604 g/mol. The van der Waals surface area contributed by atoms with Crippen LogP contribution in [-0.4, -0.2) is 10.2 Å². The fourth-order valence-corrected chi connectivity index (χ4v) is 3.09. The van der Waals surface area contributed by atoms with Crippen LogP contribution in [0, 0.1) is 19.6 Å². The first-order valence-electron chi connectivity index (χ1n) is 8.51. The molecule has 0 aromatic heterocycles. The largest absolute Gasteiger partial charge is 0.358 e. The van der Waals surface area contributed by atoms with Crippen LogP contribution in [0.15, 0.2) is 91.0 Å². The molecule has 1 radical (unpaired) electrons. The number of halogens is 2. The predicted octanol–water partition coefficient (Wildman–Crippen LogP) is 5.60. The molecule has 0 bridgehead atoms. The van der Waals surface area contributed by atoms with Crippen LogP contribution < -0.4 is 5.19 Å². The molecule has 0 spiro atoms. The van der Waals surface area contributed by atoms with E-state index in [0.29, 0.717) is 0 Å². The van der Waals surface area contributed by atoms with Gasteiger partial charge < -0.3 is 7.43 Å². The van der Waals surface area contributed by atoms with Gasteiger partial charge in [0.15, 0.2) is 0 Å². The van der Waals surface area contributed by atoms with E-state index in [2.05, 4.69) is 66.7 Å². The van der Waals surface area contributed by atoms with Gasteiger partial charge in [-0.1, -0.05) is 70.9 Å². The van der Waals surface area contributed by atoms with Gasteiger partial charge in [-0.3, -0.25) is 6.08 Å². The summed E-state index contributed by atoms with van der Waals surface area (Å²) in [4.78, 5) is 0. The Kier molecular flexibility index (Phi) is 17.2. The van der Waals surface area contributed by atoms with Crippen molar-refractivity contribution in [2.24, 2.45) is 0 Å². The maximum Gasteiger partial charge on any atom is 0.0477 e. The minimum Gasteiger partial charge on any atom is -0.358 e. The zero-order valence-electron chi connectivity index (χ0n) is 16.6. The van der Waals surface area contributed by atoms with E-state index in [1.54, 1.807) is 0 Å². The molecule has 4 heteroatoms. The molecule has 3 aromatic carbocycles. The standard InChI is InChI=1S/C13H9.C6H7Si.C5H5.CH3.2ClH.Hf/c1-3-7-12-10(5-1)9-11-6-2-4-8-13(11)12;7-6-4-2-1-3-5-6;1-2-4-5-3-1;;;;/h1-5,7-8H,9H2;1-5H,7H2;1-3H,4H2;1H3;2*1H;/q-1;;2*-1;;;. The van der Waals surface area contributed by atoms with Gasteiger partial charge in [-0.15, -0.1) is 36.8 Å². The molecule has 3 aromatic rings. The fourth-order valence-electron chi connectivity index (χ4n) is 2.82. The molecule has 0 amide bonds. The predicted molar refractivity (Wildman–Crippen MR) is 131 cm³/mol. The van der Waals surface area contributed by atoms with Crippen molar-refractivity contribution in [1.29, 1.82) is 0 Å². The number of allylic oxidation sites excluding steroid dienone is 4. The van der Waals surface area contributed by atoms with Gasteiger partial charge in [0.1, 0.15) is 0 Å². The van der Waals surface area contributed by atoms with Gasteiger partial charge >= 0.3 is 0 Å². The molecule has 0 saturated heterocycles. The molecule has 5 rings (SSSR count). The van der Waals surface area contributed by atoms with Gasteiger partial charge in [0.2, 0.25) is 0 Å². The maximum atomic E-state index is 3.30. The summed E-state index contributed by atoms with van der Waals surface area (Å²) in [5.41, 5.74) is 5.51. The molecule has 0 aliphatic heterocycles. The molecule has 0 N–H and O–H groups in total. The molecule has 151 valence electrons. The van der Waals surface area contributed by atoms with Crippen molar-refractivity contribution in [2.75, 3.05) is 0 Å². The van der Waals surface area contributed by atoms with E-state index in [1.807, 2.05) is 46.7 Å². The van der Waals surface area contributed by atoms with E-state index in [4.69, 9.17) is 0 Å². The van der Waals surface area contributed by atoms with Gasteiger partial charge in [-0.25, -0.2) is 12.2 Å². The fraction of sp³-hybridized carbons (Fsp3) is 0.0800. The second-order valence-corrected chi connectivity index (χ2v) is 6.70. The van der Waals surface area contributed by atoms with Gasteiger partial charge in [0, 0.05) is 36.1 Å². The Morgan fingerprint density at radius 2 is 1.45 bits per heavy atom. The Morgan fingerprint density at radius 1 is 0.793 bits per heavy atom. The molecule has 0 fully saturated rings. The van der Waals surface area contributed by atoms with E-state index in [1.165, 1.54) is 27.4 Å². The Balaban J connectivity index is 0. The van der Waals surface area contributed by atoms with Gasteiger partial charge in [0.25, 0.3) is 0 Å². The zero-order chi connectivity index (χ0) is 17.3. The Labute approximate surface area is 210 Å². The molecule has 0 atom stereocenters. The maximum absolute atomic E-state index is 3.30. The summed E-state index contributed by atoms with van der Waals surface area (Å²) >= 11 is 0. The van der Waals surface area contributed by atoms with Crippen LogP contribution in [0.5, 0.6) is 0 Å². The summed E-state index contributed by atoms with van der Waals surface area (Å²) in [5.74, 6) is 0. The van der Waals surface area contributed by atoms with Crippen LogP contribution in [0.2, 0.25) is 0 Å². The third-order valence-electron chi connectivity index (χ3n) is 4.05. The number of hydrogen-bond donors (Lipinski definition) is 0. The van der Waals surface area contributed by atoms with Crippen molar-refractivity contribution in [3.63, 3.8) is 0 Å². The molecule has 2 aliphatic carbocycles. The van der Waals surface area contributed by atoms with Crippen molar-refractivity contribution in [2.45, 2.75) is 12.8 Å². The topological polar surface area (TPSA) is 0 Å². The van der Waals surface area contributed by atoms with Crippen molar-refractivity contribution in [1.82, 2.24) is 0 Å². The minimum absolute atomic E-state index is 0. The Morgan fingerprint density at radius 3 is 2.00 bits per heavy atom. The van der Waals surface area contributed by atoms with Crippen molar-refractivity contribution >= 4 is 40.2 Å². The molecule has 0 heterocycles. The summed E-state index contributed by atoms with van der Waals surface area (Å²) in [5, 5.41) is 1.35. The summed E-state index contributed by atoms with van der Waals surface area (Å²) in [6, 6.07) is 28.4. The van der Waals surface area contributed by atoms with Gasteiger partial charge in [0.05, 0.1) is 0 Å². The first-order chi connectivity index (χ1) is 12.3. The first-order valence-corrected chi connectivity index (χ1v) is 9.22. The zero-order valence-corrected chi connectivity index (χ0v) is 23.2. The minimum atomic E-state index is 0. The molecule has 2 aliphatic rings. The number of rotatable bonds is 0. The quantitative estimate of drug-likeness (QED) is 0.181. The van der Waals surface area contributed by atoms with Gasteiger partial charge in [-0.05, 0) is 6.42 Å². The molecular formula is C25H26Cl2HfSi-3. The van der Waals surface area contributed by atoms with Crippen LogP contribution in [0.4, 0.5) is 0 Å². The van der Waals surface area contributed by atoms with Crippen LogP contribution in [-0.2, 0) is 32.3 Å². The molecule has 29 heavy (non-hydrogen) atoms. The second-order valence-electron chi connectivity index (χ2n) is 5.88. The smallest absolute Gasteiger partial charge is 0.0477 e. The van der Waals surface area contributed by atoms with Crippen molar-refractivity contribution in [3.05, 3.63) is 122 Å². The van der Waals surface area contributed by atoms with Crippen molar-refractivity contribution in [3.8, 4) is 11.1 Å². The van der Waals surface area contributed by atoms with E-state index in [0.717, 1.165) is 12.8 Å². The van der Waals surface area contributed by atoms with E-state index >= 15 is 0 Å². The molecule has 0 unspecified atom stereocenters.